The number of rotatable bonds is 8. The van der Waals surface area contributed by atoms with Crippen LogP contribution in [0, 0.1) is 0 Å². The molecule has 158 valence electrons. The van der Waals surface area contributed by atoms with Gasteiger partial charge in [0.05, 0.1) is 12.7 Å². The molecule has 1 aromatic carbocycles. The fourth-order valence-corrected chi connectivity index (χ4v) is 6.71. The van der Waals surface area contributed by atoms with Gasteiger partial charge in [0, 0.05) is 24.5 Å². The van der Waals surface area contributed by atoms with Gasteiger partial charge in [-0.3, -0.25) is 4.90 Å². The summed E-state index contributed by atoms with van der Waals surface area (Å²) >= 11 is 1.19. The van der Waals surface area contributed by atoms with E-state index < -0.39 is 16.0 Å². The van der Waals surface area contributed by atoms with Crippen LogP contribution in [-0.2, 0) is 27.7 Å². The lowest BCUT2D eigenvalue weighted by Crippen LogP contribution is -2.31. The highest BCUT2D eigenvalue weighted by Gasteiger charge is 2.33. The average Bonchev–Trinajstić information content (AvgIpc) is 3.12. The number of carbonyl (C=O) groups excluding carboxylic acids is 1. The van der Waals surface area contributed by atoms with E-state index in [0.29, 0.717) is 18.9 Å². The van der Waals surface area contributed by atoms with Gasteiger partial charge in [0.1, 0.15) is 4.21 Å². The van der Waals surface area contributed by atoms with E-state index >= 15 is 0 Å². The number of benzene rings is 1. The lowest BCUT2D eigenvalue weighted by Gasteiger charge is -2.28. The van der Waals surface area contributed by atoms with Crippen molar-refractivity contribution in [3.8, 4) is 0 Å². The maximum atomic E-state index is 12.6. The largest absolute Gasteiger partial charge is 0.465 e. The highest BCUT2D eigenvalue weighted by molar-refractivity contribution is 7.91. The summed E-state index contributed by atoms with van der Waals surface area (Å²) in [5.41, 5.74) is 2.37. The van der Waals surface area contributed by atoms with Gasteiger partial charge in [-0.05, 0) is 36.4 Å². The minimum atomic E-state index is -3.72. The van der Waals surface area contributed by atoms with Gasteiger partial charge in [-0.2, -0.15) is 0 Å². The fourth-order valence-electron chi connectivity index (χ4n) is 3.70. The zero-order chi connectivity index (χ0) is 21.0. The van der Waals surface area contributed by atoms with E-state index in [1.54, 1.807) is 6.92 Å². The molecule has 0 bridgehead atoms. The van der Waals surface area contributed by atoms with Crippen LogP contribution in [0.3, 0.4) is 0 Å². The normalized spacial score (nSPS) is 15.7. The highest BCUT2D eigenvalue weighted by Crippen LogP contribution is 2.36. The van der Waals surface area contributed by atoms with Crippen LogP contribution in [-0.4, -0.2) is 46.0 Å². The molecule has 1 atom stereocenters. The van der Waals surface area contributed by atoms with Crippen molar-refractivity contribution in [1.82, 2.24) is 9.62 Å². The third kappa shape index (κ3) is 4.88. The molecular weight excluding hydrogens is 408 g/mol. The van der Waals surface area contributed by atoms with Crippen LogP contribution in [0.5, 0.6) is 0 Å². The summed E-state index contributed by atoms with van der Waals surface area (Å²) in [5.74, 6) is -0.124. The maximum absolute atomic E-state index is 12.6. The number of nitrogens with zero attached hydrogens (tertiary/aromatic N) is 1. The van der Waals surface area contributed by atoms with Crippen molar-refractivity contribution in [1.29, 1.82) is 0 Å². The van der Waals surface area contributed by atoms with Crippen LogP contribution in [0.4, 0.5) is 0 Å². The van der Waals surface area contributed by atoms with Crippen LogP contribution in [0.2, 0.25) is 0 Å². The Morgan fingerprint density at radius 3 is 2.69 bits per heavy atom. The van der Waals surface area contributed by atoms with E-state index in [1.165, 1.54) is 24.0 Å². The van der Waals surface area contributed by atoms with Crippen LogP contribution >= 0.6 is 11.3 Å². The van der Waals surface area contributed by atoms with E-state index in [4.69, 9.17) is 4.74 Å². The van der Waals surface area contributed by atoms with Gasteiger partial charge in [-0.1, -0.05) is 44.2 Å². The Morgan fingerprint density at radius 2 is 2.03 bits per heavy atom. The molecule has 6 nitrogen and oxygen atoms in total. The Kier molecular flexibility index (Phi) is 7.10. The number of hydrogen-bond donors (Lipinski definition) is 1. The third-order valence-electron chi connectivity index (χ3n) is 5.32. The number of sulfonamides is 1. The van der Waals surface area contributed by atoms with Gasteiger partial charge < -0.3 is 4.74 Å². The van der Waals surface area contributed by atoms with Gasteiger partial charge in [-0.25, -0.2) is 17.9 Å². The molecule has 2 aromatic rings. The number of hydrogen-bond acceptors (Lipinski definition) is 6. The first kappa shape index (κ1) is 22.0. The quantitative estimate of drug-likeness (QED) is 0.642. The molecule has 0 fully saturated rings. The number of ether oxygens (including phenoxy) is 1. The van der Waals surface area contributed by atoms with Crippen LogP contribution in [0.15, 0.2) is 34.5 Å². The molecule has 8 heteroatoms. The summed E-state index contributed by atoms with van der Waals surface area (Å²) in [6, 6.07) is 10.4. The average molecular weight is 437 g/mol. The van der Waals surface area contributed by atoms with Crippen molar-refractivity contribution in [2.45, 2.75) is 43.4 Å². The number of thiophene rings is 1. The van der Waals surface area contributed by atoms with Crippen LogP contribution in [0.1, 0.15) is 52.5 Å². The Labute approximate surface area is 176 Å². The molecule has 0 radical (unpaired) electrons. The summed E-state index contributed by atoms with van der Waals surface area (Å²) in [4.78, 5) is 15.6. The Hall–Kier alpha value is -1.74. The molecule has 1 N–H and O–H groups in total. The molecule has 1 aliphatic heterocycles. The van der Waals surface area contributed by atoms with E-state index in [2.05, 4.69) is 40.8 Å². The topological polar surface area (TPSA) is 75.7 Å². The molecule has 0 unspecified atom stereocenters. The summed E-state index contributed by atoms with van der Waals surface area (Å²) in [5, 5.41) is 0. The van der Waals surface area contributed by atoms with Gasteiger partial charge in [0.2, 0.25) is 0 Å². The molecule has 1 aliphatic rings. The second kappa shape index (κ2) is 9.38. The number of nitrogens with one attached hydrogen (secondary N) is 1. The van der Waals surface area contributed by atoms with E-state index in [-0.39, 0.29) is 16.3 Å². The smallest absolute Gasteiger partial charge is 0.340 e. The third-order valence-corrected chi connectivity index (χ3v) is 8.60. The predicted molar refractivity (Wildman–Crippen MR) is 115 cm³/mol. The SMILES string of the molecule is CCNS(=O)(=O)c1sc2c(c1C(=O)OC)CCN(CC[C@@H](C)c1ccccc1)C2. The summed E-state index contributed by atoms with van der Waals surface area (Å²) < 4.78 is 32.7. The molecule has 0 amide bonds. The maximum Gasteiger partial charge on any atom is 0.340 e. The zero-order valence-electron chi connectivity index (χ0n) is 17.1. The Balaban J connectivity index is 1.78. The second-order valence-electron chi connectivity index (χ2n) is 7.29. The number of fused-ring (bicyclic) bond motifs is 1. The van der Waals surface area contributed by atoms with Gasteiger partial charge in [0.15, 0.2) is 0 Å². The van der Waals surface area contributed by atoms with E-state index in [1.807, 2.05) is 6.07 Å². The number of methoxy groups -OCH3 is 1. The molecule has 2 heterocycles. The van der Waals surface area contributed by atoms with Gasteiger partial charge in [0.25, 0.3) is 10.0 Å². The summed E-state index contributed by atoms with van der Waals surface area (Å²) in [6.07, 6.45) is 1.68. The fraction of sp³-hybridized carbons (Fsp3) is 0.476. The van der Waals surface area contributed by atoms with Crippen molar-refractivity contribution in [2.75, 3.05) is 26.7 Å². The van der Waals surface area contributed by atoms with Crippen LogP contribution < -0.4 is 4.72 Å². The standard InChI is InChI=1S/C21H28N2O4S2/c1-4-22-29(25,26)21-19(20(24)27-3)17-11-13-23(14-18(17)28-21)12-10-15(2)16-8-6-5-7-9-16/h5-9,15,22H,4,10-14H2,1-3H3/t15-/m1/s1. The molecule has 0 saturated carbocycles. The molecule has 0 spiro atoms. The van der Waals surface area contributed by atoms with Crippen molar-refractivity contribution in [2.24, 2.45) is 0 Å². The minimum Gasteiger partial charge on any atom is -0.465 e. The first-order chi connectivity index (χ1) is 13.9. The Bertz CT molecular complexity index is 955. The number of carbonyl (C=O) groups is 1. The highest BCUT2D eigenvalue weighted by atomic mass is 32.2. The van der Waals surface area contributed by atoms with Gasteiger partial charge >= 0.3 is 5.97 Å². The zero-order valence-corrected chi connectivity index (χ0v) is 18.7. The minimum absolute atomic E-state index is 0.0794. The molecular formula is C21H28N2O4S2. The summed E-state index contributed by atoms with van der Waals surface area (Å²) in [7, 11) is -2.43. The first-order valence-corrected chi connectivity index (χ1v) is 12.2. The molecule has 0 aliphatic carbocycles. The van der Waals surface area contributed by atoms with Crippen molar-refractivity contribution >= 4 is 27.3 Å². The van der Waals surface area contributed by atoms with E-state index in [0.717, 1.165) is 30.0 Å². The Morgan fingerprint density at radius 1 is 1.31 bits per heavy atom. The summed E-state index contributed by atoms with van der Waals surface area (Å²) in [6.45, 7) is 6.61. The van der Waals surface area contributed by atoms with Crippen molar-refractivity contribution in [3.05, 3.63) is 51.9 Å². The number of esters is 1. The van der Waals surface area contributed by atoms with Crippen molar-refractivity contribution < 1.29 is 17.9 Å². The first-order valence-electron chi connectivity index (χ1n) is 9.87. The van der Waals surface area contributed by atoms with Crippen molar-refractivity contribution in [3.63, 3.8) is 0 Å². The molecule has 0 saturated heterocycles. The van der Waals surface area contributed by atoms with Crippen LogP contribution in [0.25, 0.3) is 0 Å². The predicted octanol–water partition coefficient (Wildman–Crippen LogP) is 3.38. The molecule has 29 heavy (non-hydrogen) atoms. The van der Waals surface area contributed by atoms with Gasteiger partial charge in [-0.15, -0.1) is 11.3 Å². The monoisotopic (exact) mass is 436 g/mol. The molecule has 1 aromatic heterocycles. The lowest BCUT2D eigenvalue weighted by molar-refractivity contribution is 0.0595. The van der Waals surface area contributed by atoms with E-state index in [9.17, 15) is 13.2 Å². The lowest BCUT2D eigenvalue weighted by atomic mass is 9.97. The molecule has 3 rings (SSSR count). The second-order valence-corrected chi connectivity index (χ2v) is 10.4.